The van der Waals surface area contributed by atoms with Crippen LogP contribution >= 0.6 is 0 Å². The quantitative estimate of drug-likeness (QED) is 0.880. The molecule has 0 unspecified atom stereocenters. The van der Waals surface area contributed by atoms with Crippen LogP contribution in [0.25, 0.3) is 11.4 Å². The predicted molar refractivity (Wildman–Crippen MR) is 68.5 cm³/mol. The molecule has 0 atom stereocenters. The Morgan fingerprint density at radius 1 is 1.18 bits per heavy atom. The van der Waals surface area contributed by atoms with Crippen LogP contribution in [-0.2, 0) is 6.54 Å². The SMILES string of the molecule is Cc1nnc(-c2ccc(CN)cc2)n1C(C)C. The Labute approximate surface area is 101 Å². The van der Waals surface area contributed by atoms with E-state index >= 15 is 0 Å². The minimum absolute atomic E-state index is 0.356. The highest BCUT2D eigenvalue weighted by molar-refractivity contribution is 5.56. The van der Waals surface area contributed by atoms with Gasteiger partial charge in [-0.3, -0.25) is 0 Å². The number of hydrogen-bond acceptors (Lipinski definition) is 3. The Morgan fingerprint density at radius 2 is 1.82 bits per heavy atom. The standard InChI is InChI=1S/C13H18N4/c1-9(2)17-10(3)15-16-13(17)12-6-4-11(8-14)5-7-12/h4-7,9H,8,14H2,1-3H3. The first kappa shape index (κ1) is 11.8. The van der Waals surface area contributed by atoms with Gasteiger partial charge in [-0.1, -0.05) is 24.3 Å². The van der Waals surface area contributed by atoms with E-state index in [1.54, 1.807) is 0 Å². The first-order chi connectivity index (χ1) is 8.13. The second-order valence-electron chi connectivity index (χ2n) is 4.44. The third kappa shape index (κ3) is 2.22. The van der Waals surface area contributed by atoms with Crippen molar-refractivity contribution >= 4 is 0 Å². The van der Waals surface area contributed by atoms with E-state index in [0.717, 1.165) is 22.8 Å². The molecule has 0 aliphatic carbocycles. The number of hydrogen-bond donors (Lipinski definition) is 1. The summed E-state index contributed by atoms with van der Waals surface area (Å²) in [6, 6.07) is 8.51. The number of nitrogens with zero attached hydrogens (tertiary/aromatic N) is 3. The number of benzene rings is 1. The van der Waals surface area contributed by atoms with Gasteiger partial charge in [0.05, 0.1) is 0 Å². The van der Waals surface area contributed by atoms with E-state index in [9.17, 15) is 0 Å². The lowest BCUT2D eigenvalue weighted by molar-refractivity contribution is 0.587. The molecule has 90 valence electrons. The lowest BCUT2D eigenvalue weighted by Crippen LogP contribution is -2.05. The third-order valence-electron chi connectivity index (χ3n) is 2.83. The fraction of sp³-hybridized carbons (Fsp3) is 0.385. The van der Waals surface area contributed by atoms with Crippen molar-refractivity contribution in [2.75, 3.05) is 0 Å². The van der Waals surface area contributed by atoms with E-state index in [1.807, 2.05) is 31.2 Å². The number of aryl methyl sites for hydroxylation is 1. The Balaban J connectivity index is 2.45. The Kier molecular flexibility index (Phi) is 3.24. The van der Waals surface area contributed by atoms with Gasteiger partial charge < -0.3 is 10.3 Å². The maximum Gasteiger partial charge on any atom is 0.164 e. The molecule has 0 saturated carbocycles. The van der Waals surface area contributed by atoms with E-state index in [0.29, 0.717) is 12.6 Å². The Morgan fingerprint density at radius 3 is 2.35 bits per heavy atom. The van der Waals surface area contributed by atoms with Crippen molar-refractivity contribution in [2.24, 2.45) is 5.73 Å². The molecule has 2 aromatic rings. The second-order valence-corrected chi connectivity index (χ2v) is 4.44. The average Bonchev–Trinajstić information content (AvgIpc) is 2.71. The van der Waals surface area contributed by atoms with E-state index < -0.39 is 0 Å². The van der Waals surface area contributed by atoms with Crippen molar-refractivity contribution < 1.29 is 0 Å². The summed E-state index contributed by atoms with van der Waals surface area (Å²) < 4.78 is 2.14. The van der Waals surface area contributed by atoms with Crippen LogP contribution in [0.3, 0.4) is 0 Å². The average molecular weight is 230 g/mol. The molecule has 0 spiro atoms. The van der Waals surface area contributed by atoms with Crippen molar-refractivity contribution in [3.63, 3.8) is 0 Å². The molecule has 0 fully saturated rings. The van der Waals surface area contributed by atoms with Crippen LogP contribution in [0.4, 0.5) is 0 Å². The molecule has 2 rings (SSSR count). The fourth-order valence-corrected chi connectivity index (χ4v) is 1.97. The van der Waals surface area contributed by atoms with E-state index in [2.05, 4.69) is 28.6 Å². The van der Waals surface area contributed by atoms with Gasteiger partial charge in [-0.2, -0.15) is 0 Å². The zero-order valence-corrected chi connectivity index (χ0v) is 10.5. The molecule has 0 amide bonds. The summed E-state index contributed by atoms with van der Waals surface area (Å²) in [6.45, 7) is 6.81. The van der Waals surface area contributed by atoms with Crippen LogP contribution < -0.4 is 5.73 Å². The van der Waals surface area contributed by atoms with Gasteiger partial charge in [0, 0.05) is 18.2 Å². The van der Waals surface area contributed by atoms with Gasteiger partial charge in [0.25, 0.3) is 0 Å². The summed E-state index contributed by atoms with van der Waals surface area (Å²) in [7, 11) is 0. The molecule has 2 N–H and O–H groups in total. The highest BCUT2D eigenvalue weighted by Gasteiger charge is 2.12. The van der Waals surface area contributed by atoms with Crippen molar-refractivity contribution in [3.05, 3.63) is 35.7 Å². The van der Waals surface area contributed by atoms with Gasteiger partial charge in [-0.15, -0.1) is 10.2 Å². The van der Waals surface area contributed by atoms with Crippen LogP contribution in [0.1, 0.15) is 31.3 Å². The normalized spacial score (nSPS) is 11.1. The van der Waals surface area contributed by atoms with Crippen molar-refractivity contribution in [1.29, 1.82) is 0 Å². The summed E-state index contributed by atoms with van der Waals surface area (Å²) in [6.07, 6.45) is 0. The molecule has 0 bridgehead atoms. The van der Waals surface area contributed by atoms with Crippen molar-refractivity contribution in [3.8, 4) is 11.4 Å². The van der Waals surface area contributed by atoms with E-state index in [-0.39, 0.29) is 0 Å². The van der Waals surface area contributed by atoms with Crippen molar-refractivity contribution in [1.82, 2.24) is 14.8 Å². The van der Waals surface area contributed by atoms with Crippen LogP contribution in [0.5, 0.6) is 0 Å². The molecule has 0 aliphatic rings. The van der Waals surface area contributed by atoms with Gasteiger partial charge in [0.2, 0.25) is 0 Å². The first-order valence-corrected chi connectivity index (χ1v) is 5.84. The molecule has 17 heavy (non-hydrogen) atoms. The predicted octanol–water partition coefficient (Wildman–Crippen LogP) is 2.29. The third-order valence-corrected chi connectivity index (χ3v) is 2.83. The highest BCUT2D eigenvalue weighted by atomic mass is 15.3. The minimum atomic E-state index is 0.356. The van der Waals surface area contributed by atoms with Gasteiger partial charge in [0.15, 0.2) is 5.82 Å². The summed E-state index contributed by atoms with van der Waals surface area (Å²) in [4.78, 5) is 0. The lowest BCUT2D eigenvalue weighted by Gasteiger charge is -2.12. The zero-order valence-electron chi connectivity index (χ0n) is 10.5. The van der Waals surface area contributed by atoms with Gasteiger partial charge in [0.1, 0.15) is 5.82 Å². The molecule has 4 heteroatoms. The van der Waals surface area contributed by atoms with E-state index in [4.69, 9.17) is 5.73 Å². The van der Waals surface area contributed by atoms with Crippen LogP contribution in [0.15, 0.2) is 24.3 Å². The monoisotopic (exact) mass is 230 g/mol. The topological polar surface area (TPSA) is 56.7 Å². The summed E-state index contributed by atoms with van der Waals surface area (Å²) in [5.41, 5.74) is 7.79. The maximum absolute atomic E-state index is 5.59. The molecule has 0 aliphatic heterocycles. The Bertz CT molecular complexity index is 497. The number of aromatic nitrogens is 3. The fourth-order valence-electron chi connectivity index (χ4n) is 1.97. The smallest absolute Gasteiger partial charge is 0.164 e. The summed E-state index contributed by atoms with van der Waals surface area (Å²) in [5.74, 6) is 1.86. The van der Waals surface area contributed by atoms with Crippen LogP contribution in [0.2, 0.25) is 0 Å². The first-order valence-electron chi connectivity index (χ1n) is 5.84. The lowest BCUT2D eigenvalue weighted by atomic mass is 10.1. The summed E-state index contributed by atoms with van der Waals surface area (Å²) in [5, 5.41) is 8.39. The minimum Gasteiger partial charge on any atom is -0.326 e. The second kappa shape index (κ2) is 4.67. The van der Waals surface area contributed by atoms with Gasteiger partial charge >= 0.3 is 0 Å². The van der Waals surface area contributed by atoms with Crippen molar-refractivity contribution in [2.45, 2.75) is 33.4 Å². The molecular formula is C13H18N4. The van der Waals surface area contributed by atoms with Gasteiger partial charge in [-0.05, 0) is 26.3 Å². The highest BCUT2D eigenvalue weighted by Crippen LogP contribution is 2.22. The molecule has 0 saturated heterocycles. The number of rotatable bonds is 3. The van der Waals surface area contributed by atoms with Gasteiger partial charge in [-0.25, -0.2) is 0 Å². The van der Waals surface area contributed by atoms with Crippen LogP contribution in [-0.4, -0.2) is 14.8 Å². The summed E-state index contributed by atoms with van der Waals surface area (Å²) >= 11 is 0. The molecular weight excluding hydrogens is 212 g/mol. The maximum atomic E-state index is 5.59. The molecule has 0 radical (unpaired) electrons. The van der Waals surface area contributed by atoms with Crippen LogP contribution in [0, 0.1) is 6.92 Å². The molecule has 1 aromatic carbocycles. The number of nitrogens with two attached hydrogens (primary N) is 1. The van der Waals surface area contributed by atoms with E-state index in [1.165, 1.54) is 0 Å². The molecule has 4 nitrogen and oxygen atoms in total. The molecule has 1 aromatic heterocycles. The largest absolute Gasteiger partial charge is 0.326 e. The molecule has 1 heterocycles. The zero-order chi connectivity index (χ0) is 12.4. The Hall–Kier alpha value is -1.68.